The largest absolute Gasteiger partial charge is 0.486 e. The lowest BCUT2D eigenvalue weighted by atomic mass is 10.1. The van der Waals surface area contributed by atoms with Gasteiger partial charge >= 0.3 is 5.97 Å². The number of carbonyl (C=O) groups is 2. The van der Waals surface area contributed by atoms with Gasteiger partial charge in [0, 0.05) is 22.2 Å². The molecule has 3 rings (SSSR count). The van der Waals surface area contributed by atoms with E-state index in [1.165, 1.54) is 11.8 Å². The van der Waals surface area contributed by atoms with Crippen LogP contribution in [0.4, 0.5) is 0 Å². The Labute approximate surface area is 178 Å². The summed E-state index contributed by atoms with van der Waals surface area (Å²) in [5, 5.41) is 3.42. The fraction of sp³-hybridized carbons (Fsp3) is 0.333. The number of nitrogens with one attached hydrogen (secondary N) is 1. The van der Waals surface area contributed by atoms with Gasteiger partial charge in [0.25, 0.3) is 5.91 Å². The molecule has 2 aromatic rings. The first kappa shape index (κ1) is 21.3. The number of fused-ring (bicyclic) bond motifs is 1. The number of halogens is 1. The summed E-state index contributed by atoms with van der Waals surface area (Å²) in [6.45, 7) is 1.27. The first-order valence-electron chi connectivity index (χ1n) is 9.29. The van der Waals surface area contributed by atoms with Crippen LogP contribution in [0, 0.1) is 0 Å². The average Bonchev–Trinajstić information content (AvgIpc) is 2.73. The van der Waals surface area contributed by atoms with Crippen LogP contribution in [0.5, 0.6) is 11.5 Å². The molecule has 0 saturated carbocycles. The average molecular weight is 436 g/mol. The van der Waals surface area contributed by atoms with E-state index < -0.39 is 5.97 Å². The molecule has 0 atom stereocenters. The maximum Gasteiger partial charge on any atom is 0.307 e. The Morgan fingerprint density at radius 1 is 1.07 bits per heavy atom. The Balaban J connectivity index is 1.28. The third kappa shape index (κ3) is 7.18. The summed E-state index contributed by atoms with van der Waals surface area (Å²) in [5.74, 6) is 1.33. The molecule has 0 aromatic heterocycles. The van der Waals surface area contributed by atoms with Crippen LogP contribution >= 0.6 is 23.4 Å². The van der Waals surface area contributed by atoms with E-state index in [0.29, 0.717) is 37.0 Å². The van der Waals surface area contributed by atoms with Crippen molar-refractivity contribution in [2.75, 3.05) is 32.1 Å². The van der Waals surface area contributed by atoms with Gasteiger partial charge in [0.2, 0.25) is 0 Å². The van der Waals surface area contributed by atoms with Crippen molar-refractivity contribution in [2.45, 2.75) is 17.7 Å². The number of hydrogen-bond donors (Lipinski definition) is 1. The predicted molar refractivity (Wildman–Crippen MR) is 112 cm³/mol. The fourth-order valence-corrected chi connectivity index (χ4v) is 3.60. The molecule has 1 aliphatic rings. The van der Waals surface area contributed by atoms with E-state index in [1.807, 2.05) is 30.3 Å². The minimum atomic E-state index is -0.395. The molecule has 1 aliphatic heterocycles. The Hall–Kier alpha value is -2.38. The molecule has 29 heavy (non-hydrogen) atoms. The van der Waals surface area contributed by atoms with Gasteiger partial charge in [0.15, 0.2) is 18.1 Å². The Bertz CT molecular complexity index is 843. The van der Waals surface area contributed by atoms with E-state index in [2.05, 4.69) is 5.32 Å². The van der Waals surface area contributed by atoms with E-state index in [0.717, 1.165) is 22.0 Å². The summed E-state index contributed by atoms with van der Waals surface area (Å²) in [6, 6.07) is 13.1. The van der Waals surface area contributed by atoms with E-state index in [-0.39, 0.29) is 18.9 Å². The Morgan fingerprint density at radius 3 is 2.62 bits per heavy atom. The van der Waals surface area contributed by atoms with Crippen LogP contribution in [0.2, 0.25) is 5.02 Å². The van der Waals surface area contributed by atoms with E-state index in [1.54, 1.807) is 12.1 Å². The Kier molecular flexibility index (Phi) is 8.07. The zero-order valence-corrected chi connectivity index (χ0v) is 17.4. The predicted octanol–water partition coefficient (Wildman–Crippen LogP) is 3.50. The van der Waals surface area contributed by atoms with Crippen molar-refractivity contribution in [1.29, 1.82) is 0 Å². The molecule has 0 saturated heterocycles. The van der Waals surface area contributed by atoms with E-state index in [4.69, 9.17) is 25.8 Å². The molecule has 0 aliphatic carbocycles. The van der Waals surface area contributed by atoms with Crippen LogP contribution in [0.3, 0.4) is 0 Å². The number of carbonyl (C=O) groups excluding carboxylic acids is 2. The lowest BCUT2D eigenvalue weighted by Gasteiger charge is -2.18. The SMILES string of the molecule is O=C(COC(=O)CCSc1ccc(Cl)cc1)NCCc1ccc2c(c1)OCCO2. The monoisotopic (exact) mass is 435 g/mol. The number of esters is 1. The minimum Gasteiger partial charge on any atom is -0.486 e. The number of thioether (sulfide) groups is 1. The van der Waals surface area contributed by atoms with Gasteiger partial charge in [0.1, 0.15) is 13.2 Å². The van der Waals surface area contributed by atoms with Crippen LogP contribution in [0.15, 0.2) is 47.4 Å². The highest BCUT2D eigenvalue weighted by Gasteiger charge is 2.12. The summed E-state index contributed by atoms with van der Waals surface area (Å²) >= 11 is 7.37. The number of rotatable bonds is 9. The number of benzene rings is 2. The number of ether oxygens (including phenoxy) is 3. The standard InChI is InChI=1S/C21H22ClNO5S/c22-16-2-4-17(5-3-16)29-12-8-21(25)28-14-20(24)23-9-7-15-1-6-18-19(13-15)27-11-10-26-18/h1-6,13H,7-12,14H2,(H,23,24). The normalized spacial score (nSPS) is 12.3. The van der Waals surface area contributed by atoms with E-state index in [9.17, 15) is 9.59 Å². The fourth-order valence-electron chi connectivity index (χ4n) is 2.64. The summed E-state index contributed by atoms with van der Waals surface area (Å²) in [6.07, 6.45) is 0.881. The zero-order valence-electron chi connectivity index (χ0n) is 15.8. The molecule has 0 bridgehead atoms. The van der Waals surface area contributed by atoms with Crippen LogP contribution in [-0.4, -0.2) is 44.0 Å². The van der Waals surface area contributed by atoms with Crippen molar-refractivity contribution < 1.29 is 23.8 Å². The van der Waals surface area contributed by atoms with Gasteiger partial charge in [-0.3, -0.25) is 9.59 Å². The van der Waals surface area contributed by atoms with Crippen LogP contribution in [0.25, 0.3) is 0 Å². The zero-order chi connectivity index (χ0) is 20.5. The maximum absolute atomic E-state index is 11.8. The number of amides is 1. The molecule has 0 fully saturated rings. The van der Waals surface area contributed by atoms with Gasteiger partial charge in [-0.15, -0.1) is 11.8 Å². The van der Waals surface area contributed by atoms with Crippen molar-refractivity contribution in [1.82, 2.24) is 5.32 Å². The summed E-state index contributed by atoms with van der Waals surface area (Å²) in [4.78, 5) is 24.6. The van der Waals surface area contributed by atoms with Crippen molar-refractivity contribution in [3.63, 3.8) is 0 Å². The first-order chi connectivity index (χ1) is 14.1. The smallest absolute Gasteiger partial charge is 0.307 e. The van der Waals surface area contributed by atoms with Crippen LogP contribution in [0.1, 0.15) is 12.0 Å². The Morgan fingerprint density at radius 2 is 1.83 bits per heavy atom. The van der Waals surface area contributed by atoms with Gasteiger partial charge in [-0.1, -0.05) is 17.7 Å². The van der Waals surface area contributed by atoms with Crippen molar-refractivity contribution >= 4 is 35.2 Å². The molecule has 0 radical (unpaired) electrons. The molecule has 1 heterocycles. The molecule has 1 amide bonds. The number of hydrogen-bond acceptors (Lipinski definition) is 6. The summed E-state index contributed by atoms with van der Waals surface area (Å²) in [5.41, 5.74) is 1.03. The molecule has 154 valence electrons. The summed E-state index contributed by atoms with van der Waals surface area (Å²) in [7, 11) is 0. The van der Waals surface area contributed by atoms with Gasteiger partial charge in [-0.2, -0.15) is 0 Å². The molecule has 0 spiro atoms. The topological polar surface area (TPSA) is 73.9 Å². The lowest BCUT2D eigenvalue weighted by molar-refractivity contribution is -0.148. The molecular formula is C21H22ClNO5S. The lowest BCUT2D eigenvalue weighted by Crippen LogP contribution is -2.30. The molecule has 6 nitrogen and oxygen atoms in total. The van der Waals surface area contributed by atoms with Crippen LogP contribution < -0.4 is 14.8 Å². The van der Waals surface area contributed by atoms with Crippen molar-refractivity contribution in [2.24, 2.45) is 0 Å². The van der Waals surface area contributed by atoms with Gasteiger partial charge in [-0.25, -0.2) is 0 Å². The van der Waals surface area contributed by atoms with Crippen molar-refractivity contribution in [3.05, 3.63) is 53.1 Å². The van der Waals surface area contributed by atoms with Crippen molar-refractivity contribution in [3.8, 4) is 11.5 Å². The second-order valence-electron chi connectivity index (χ2n) is 6.29. The maximum atomic E-state index is 11.8. The van der Waals surface area contributed by atoms with Gasteiger partial charge in [0.05, 0.1) is 6.42 Å². The highest BCUT2D eigenvalue weighted by atomic mass is 35.5. The third-order valence-corrected chi connectivity index (χ3v) is 5.36. The minimum absolute atomic E-state index is 0.234. The molecule has 1 N–H and O–H groups in total. The summed E-state index contributed by atoms with van der Waals surface area (Å²) < 4.78 is 16.0. The molecular weight excluding hydrogens is 414 g/mol. The molecule has 0 unspecified atom stereocenters. The molecule has 2 aromatic carbocycles. The second kappa shape index (κ2) is 11.0. The highest BCUT2D eigenvalue weighted by Crippen LogP contribution is 2.30. The van der Waals surface area contributed by atoms with E-state index >= 15 is 0 Å². The third-order valence-electron chi connectivity index (χ3n) is 4.10. The highest BCUT2D eigenvalue weighted by molar-refractivity contribution is 7.99. The van der Waals surface area contributed by atoms with Gasteiger partial charge < -0.3 is 19.5 Å². The van der Waals surface area contributed by atoms with Crippen LogP contribution in [-0.2, 0) is 20.7 Å². The second-order valence-corrected chi connectivity index (χ2v) is 7.90. The van der Waals surface area contributed by atoms with Gasteiger partial charge in [-0.05, 0) is 48.4 Å². The quantitative estimate of drug-likeness (QED) is 0.480. The first-order valence-corrected chi connectivity index (χ1v) is 10.7. The molecule has 8 heteroatoms.